The summed E-state index contributed by atoms with van der Waals surface area (Å²) in [5, 5.41) is 6.72. The Bertz CT molecular complexity index is 2290. The van der Waals surface area contributed by atoms with Gasteiger partial charge in [0.25, 0.3) is 11.8 Å². The van der Waals surface area contributed by atoms with Crippen LogP contribution in [0.5, 0.6) is 17.4 Å². The zero-order chi connectivity index (χ0) is 42.3. The van der Waals surface area contributed by atoms with Crippen LogP contribution in [0.25, 0.3) is 10.8 Å². The number of sulfonamides is 1. The number of pyridine rings is 2. The maximum Gasteiger partial charge on any atom is 0.259 e. The zero-order valence-corrected chi connectivity index (χ0v) is 34.0. The highest BCUT2D eigenvalue weighted by Gasteiger charge is 2.64. The van der Waals surface area contributed by atoms with Crippen LogP contribution in [0.1, 0.15) is 69.2 Å². The predicted molar refractivity (Wildman–Crippen MR) is 210 cm³/mol. The van der Waals surface area contributed by atoms with E-state index in [-0.39, 0.29) is 49.6 Å². The lowest BCUT2D eigenvalue weighted by atomic mass is 9.87. The van der Waals surface area contributed by atoms with Gasteiger partial charge in [0.05, 0.1) is 38.7 Å². The van der Waals surface area contributed by atoms with Crippen molar-refractivity contribution in [1.82, 2.24) is 30.2 Å². The van der Waals surface area contributed by atoms with E-state index in [1.54, 1.807) is 31.2 Å². The van der Waals surface area contributed by atoms with Gasteiger partial charge in [-0.2, -0.15) is 0 Å². The van der Waals surface area contributed by atoms with Gasteiger partial charge in [-0.3, -0.25) is 28.9 Å². The molecule has 4 heterocycles. The molecule has 4 amide bonds. The smallest absolute Gasteiger partial charge is 0.259 e. The Kier molecular flexibility index (Phi) is 11.6. The number of carbonyl (C=O) groups excluding carboxylic acids is 4. The van der Waals surface area contributed by atoms with Crippen molar-refractivity contribution in [2.24, 2.45) is 17.8 Å². The van der Waals surface area contributed by atoms with Gasteiger partial charge in [0.15, 0.2) is 5.82 Å². The molecule has 1 aromatic carbocycles. The van der Waals surface area contributed by atoms with E-state index < -0.39 is 86.5 Å². The molecule has 3 N–H and O–H groups in total. The SMILES string of the molecule is COc1ccc2c(O[C@@H]3C[C@H]4C(=O)N[C@]5(C(=O)NS(=O)(=O)C6(CF)CC6)C[C@H]5C=CCC[C@@H](C)C[C@@H](C)[C@H](NC(=O)c5ccncc5F)C(=O)N4C3)ncc(OC)c2c1. The lowest BCUT2D eigenvalue weighted by molar-refractivity contribution is -0.142. The van der Waals surface area contributed by atoms with Crippen LogP contribution in [0.3, 0.4) is 0 Å². The van der Waals surface area contributed by atoms with Gasteiger partial charge < -0.3 is 29.7 Å². The second kappa shape index (κ2) is 16.3. The molecular weight excluding hydrogens is 791 g/mol. The molecule has 2 aliphatic carbocycles. The molecule has 2 saturated carbocycles. The van der Waals surface area contributed by atoms with E-state index in [1.807, 2.05) is 13.0 Å². The van der Waals surface area contributed by atoms with Crippen molar-refractivity contribution in [3.05, 3.63) is 66.4 Å². The Hall–Kier alpha value is -5.39. The number of methoxy groups -OCH3 is 2. The van der Waals surface area contributed by atoms with Crippen molar-refractivity contribution in [3.63, 3.8) is 0 Å². The third-order valence-electron chi connectivity index (χ3n) is 12.1. The van der Waals surface area contributed by atoms with E-state index >= 15 is 0 Å². The molecule has 0 radical (unpaired) electrons. The molecule has 7 atom stereocenters. The minimum atomic E-state index is -4.43. The molecule has 0 bridgehead atoms. The number of benzene rings is 1. The van der Waals surface area contributed by atoms with Gasteiger partial charge in [0.2, 0.25) is 27.7 Å². The first-order valence-corrected chi connectivity index (χ1v) is 21.1. The van der Waals surface area contributed by atoms with Gasteiger partial charge in [-0.05, 0) is 74.6 Å². The Labute approximate surface area is 340 Å². The van der Waals surface area contributed by atoms with Crippen molar-refractivity contribution >= 4 is 44.4 Å². The minimum Gasteiger partial charge on any atom is -0.497 e. The van der Waals surface area contributed by atoms with Gasteiger partial charge in [0, 0.05) is 29.3 Å². The highest BCUT2D eigenvalue weighted by atomic mass is 32.2. The van der Waals surface area contributed by atoms with Gasteiger partial charge in [-0.1, -0.05) is 26.0 Å². The first-order valence-electron chi connectivity index (χ1n) is 19.7. The number of carbonyl (C=O) groups is 4. The van der Waals surface area contributed by atoms with Crippen LogP contribution in [0.4, 0.5) is 8.78 Å². The topological polar surface area (TPSA) is 195 Å². The molecule has 7 rings (SSSR count). The Morgan fingerprint density at radius 3 is 2.54 bits per heavy atom. The molecule has 1 saturated heterocycles. The number of fused-ring (bicyclic) bond motifs is 3. The molecule has 316 valence electrons. The van der Waals surface area contributed by atoms with E-state index in [0.717, 1.165) is 6.20 Å². The van der Waals surface area contributed by atoms with E-state index in [2.05, 4.69) is 25.3 Å². The number of hydrogen-bond acceptors (Lipinski definition) is 11. The first kappa shape index (κ1) is 41.8. The summed E-state index contributed by atoms with van der Waals surface area (Å²) in [5.74, 6) is -3.99. The number of ether oxygens (including phenoxy) is 3. The number of nitrogens with one attached hydrogen (secondary N) is 3. The summed E-state index contributed by atoms with van der Waals surface area (Å²) in [6.07, 6.45) is 8.23. The zero-order valence-electron chi connectivity index (χ0n) is 33.2. The number of halogens is 2. The average Bonchev–Trinajstić information content (AvgIpc) is 4.12. The van der Waals surface area contributed by atoms with Crippen LogP contribution in [0.15, 0.2) is 55.0 Å². The average molecular weight is 839 g/mol. The van der Waals surface area contributed by atoms with E-state index in [0.29, 0.717) is 41.5 Å². The molecule has 4 aliphatic rings. The summed E-state index contributed by atoms with van der Waals surface area (Å²) < 4.78 is 72.8. The number of nitrogens with zero attached hydrogens (tertiary/aromatic N) is 3. The molecule has 2 aromatic heterocycles. The highest BCUT2D eigenvalue weighted by Crippen LogP contribution is 2.48. The second-order valence-corrected chi connectivity index (χ2v) is 18.3. The number of aromatic nitrogens is 2. The molecular formula is C41H48F2N6O9S. The van der Waals surface area contributed by atoms with Gasteiger partial charge in [-0.15, -0.1) is 0 Å². The second-order valence-electron chi connectivity index (χ2n) is 16.2. The first-order chi connectivity index (χ1) is 28.2. The summed E-state index contributed by atoms with van der Waals surface area (Å²) in [6, 6.07) is 3.90. The fourth-order valence-electron chi connectivity index (χ4n) is 8.24. The van der Waals surface area contributed by atoms with Crippen LogP contribution >= 0.6 is 0 Å². The van der Waals surface area contributed by atoms with E-state index in [9.17, 15) is 36.4 Å². The molecule has 3 aromatic rings. The lowest BCUT2D eigenvalue weighted by Crippen LogP contribution is -2.59. The number of alkyl halides is 1. The lowest BCUT2D eigenvalue weighted by Gasteiger charge is -2.33. The van der Waals surface area contributed by atoms with Crippen LogP contribution in [-0.4, -0.2) is 103 Å². The molecule has 59 heavy (non-hydrogen) atoms. The van der Waals surface area contributed by atoms with Gasteiger partial charge in [-0.25, -0.2) is 22.2 Å². The van der Waals surface area contributed by atoms with Crippen LogP contribution in [-0.2, 0) is 24.4 Å². The quantitative estimate of drug-likeness (QED) is 0.252. The number of allylic oxidation sites excluding steroid dienone is 1. The molecule has 2 aliphatic heterocycles. The normalized spacial score (nSPS) is 27.9. The maximum atomic E-state index is 14.9. The molecule has 0 spiro atoms. The number of rotatable bonds is 10. The summed E-state index contributed by atoms with van der Waals surface area (Å²) in [5.41, 5.74) is -2.03. The molecule has 18 heteroatoms. The Balaban J connectivity index is 1.25. The molecule has 15 nitrogen and oxygen atoms in total. The summed E-state index contributed by atoms with van der Waals surface area (Å²) in [4.78, 5) is 66.5. The van der Waals surface area contributed by atoms with Gasteiger partial charge >= 0.3 is 0 Å². The third kappa shape index (κ3) is 8.15. The largest absolute Gasteiger partial charge is 0.497 e. The predicted octanol–water partition coefficient (Wildman–Crippen LogP) is 3.77. The minimum absolute atomic E-state index is 0.0377. The Morgan fingerprint density at radius 1 is 1.07 bits per heavy atom. The van der Waals surface area contributed by atoms with Crippen molar-refractivity contribution in [3.8, 4) is 17.4 Å². The van der Waals surface area contributed by atoms with Crippen molar-refractivity contribution in [2.45, 2.75) is 87.3 Å². The van der Waals surface area contributed by atoms with Crippen molar-refractivity contribution in [2.75, 3.05) is 27.4 Å². The van der Waals surface area contributed by atoms with E-state index in [1.165, 1.54) is 37.6 Å². The standard InChI is InChI=1S/C41H48F2N6O9S/c1-23-7-5-6-8-25-18-41(25,39(53)48-59(54,55)40(22-42)12-13-40)47-36(51)32-17-27(58-37-28-10-9-26(56-3)16-30(28)33(57-4)20-45-37)21-49(32)38(52)34(24(2)15-23)46-35(50)29-11-14-44-19-31(29)43/h6,8-11,14,16,19-20,23-25,27,32,34H,5,7,12-13,15,17-18,21-22H2,1-4H3,(H,46,50)(H,47,51)(H,48,53)/t23-,24-,25-,27-,32+,34+,41-/m1/s1. The van der Waals surface area contributed by atoms with Crippen molar-refractivity contribution in [1.29, 1.82) is 0 Å². The summed E-state index contributed by atoms with van der Waals surface area (Å²) in [6.45, 7) is 2.49. The highest BCUT2D eigenvalue weighted by molar-refractivity contribution is 7.91. The monoisotopic (exact) mass is 838 g/mol. The number of amides is 4. The van der Waals surface area contributed by atoms with E-state index in [4.69, 9.17) is 14.2 Å². The van der Waals surface area contributed by atoms with Crippen molar-refractivity contribution < 1.29 is 50.6 Å². The fourth-order valence-corrected chi connectivity index (χ4v) is 9.67. The molecule has 0 unspecified atom stereocenters. The third-order valence-corrected chi connectivity index (χ3v) is 14.2. The fraction of sp³-hybridized carbons (Fsp3) is 0.512. The Morgan fingerprint density at radius 2 is 1.85 bits per heavy atom. The van der Waals surface area contributed by atoms with Crippen LogP contribution in [0, 0.1) is 23.6 Å². The van der Waals surface area contributed by atoms with Gasteiger partial charge in [0.1, 0.15) is 46.6 Å². The summed E-state index contributed by atoms with van der Waals surface area (Å²) >= 11 is 0. The number of hydrogen-bond donors (Lipinski definition) is 3. The van der Waals surface area contributed by atoms with Crippen LogP contribution < -0.4 is 29.6 Å². The van der Waals surface area contributed by atoms with Crippen LogP contribution in [0.2, 0.25) is 0 Å². The maximum absolute atomic E-state index is 14.9. The summed E-state index contributed by atoms with van der Waals surface area (Å²) in [7, 11) is -1.40. The molecule has 3 fully saturated rings.